The Hall–Kier alpha value is -2.41. The Morgan fingerprint density at radius 2 is 1.74 bits per heavy atom. The minimum Gasteiger partial charge on any atom is -0.462 e. The predicted octanol–water partition coefficient (Wildman–Crippen LogP) is 1.17. The molecule has 43 heavy (non-hydrogen) atoms. The normalized spacial score (nSPS) is 57.0. The van der Waals surface area contributed by atoms with Gasteiger partial charge in [-0.15, -0.1) is 0 Å². The number of hydrogen-bond donors (Lipinski definition) is 1. The molecule has 6 aliphatic heterocycles. The van der Waals surface area contributed by atoms with Crippen LogP contribution in [0.5, 0.6) is 0 Å². The lowest BCUT2D eigenvalue weighted by Crippen LogP contribution is -2.66. The monoisotopic (exact) mass is 602 g/mol. The van der Waals surface area contributed by atoms with Crippen molar-refractivity contribution in [3.8, 4) is 0 Å². The van der Waals surface area contributed by atoms with Gasteiger partial charge in [0, 0.05) is 42.4 Å². The van der Waals surface area contributed by atoms with E-state index in [1.165, 1.54) is 13.8 Å². The minimum atomic E-state index is -2.09. The van der Waals surface area contributed by atoms with E-state index in [0.29, 0.717) is 6.42 Å². The molecule has 6 saturated heterocycles. The minimum absolute atomic E-state index is 0.0407. The molecule has 0 aromatic rings. The number of ether oxygens (including phenoxy) is 6. The van der Waals surface area contributed by atoms with E-state index in [2.05, 4.69) is 0 Å². The standard InChI is InChI=1S/C31H38O12/c1-12-18-20-24(28(6,37)25(36)39-20)42-31-21(18)27(5,22(12)34)7-8-29(43-31)11-30-15(9-14(38-13(2)32)19(29)23(31)35)26(3,4)40-16(30)10-17(33)41-30/h12,14-16,18-21,24,37H,7-11H2,1-6H3. The second kappa shape index (κ2) is 7.86. The lowest BCUT2D eigenvalue weighted by molar-refractivity contribution is -0.339. The summed E-state index contributed by atoms with van der Waals surface area (Å²) in [6, 6.07) is 0. The number of carbonyl (C=O) groups is 5. The van der Waals surface area contributed by atoms with Gasteiger partial charge in [0.2, 0.25) is 11.6 Å². The summed E-state index contributed by atoms with van der Waals surface area (Å²) < 4.78 is 37.9. The summed E-state index contributed by atoms with van der Waals surface area (Å²) in [4.78, 5) is 67.6. The van der Waals surface area contributed by atoms with Gasteiger partial charge in [0.25, 0.3) is 0 Å². The molecule has 12 nitrogen and oxygen atoms in total. The van der Waals surface area contributed by atoms with Crippen LogP contribution in [-0.4, -0.2) is 87.2 Å². The van der Waals surface area contributed by atoms with Gasteiger partial charge in [0.1, 0.15) is 35.8 Å². The molecule has 0 amide bonds. The first-order chi connectivity index (χ1) is 19.9. The maximum atomic E-state index is 15.2. The molecule has 0 radical (unpaired) electrons. The van der Waals surface area contributed by atoms with Crippen LogP contribution in [0.25, 0.3) is 0 Å². The van der Waals surface area contributed by atoms with Gasteiger partial charge in [0.05, 0.1) is 23.5 Å². The Bertz CT molecular complexity index is 1400. The molecular weight excluding hydrogens is 564 g/mol. The summed E-state index contributed by atoms with van der Waals surface area (Å²) in [5.41, 5.74) is -6.45. The van der Waals surface area contributed by atoms with Crippen molar-refractivity contribution in [2.45, 2.75) is 126 Å². The predicted molar refractivity (Wildman–Crippen MR) is 140 cm³/mol. The van der Waals surface area contributed by atoms with Crippen molar-refractivity contribution in [3.63, 3.8) is 0 Å². The van der Waals surface area contributed by atoms with Crippen LogP contribution in [0, 0.1) is 35.0 Å². The molecule has 1 N–H and O–H groups in total. The molecule has 8 aliphatic rings. The van der Waals surface area contributed by atoms with Crippen LogP contribution in [0.15, 0.2) is 0 Å². The summed E-state index contributed by atoms with van der Waals surface area (Å²) in [5.74, 6) is -7.98. The molecule has 8 fully saturated rings. The van der Waals surface area contributed by atoms with E-state index >= 15 is 4.79 Å². The van der Waals surface area contributed by atoms with Crippen LogP contribution in [-0.2, 0) is 52.4 Å². The van der Waals surface area contributed by atoms with Crippen LogP contribution in [0.2, 0.25) is 0 Å². The van der Waals surface area contributed by atoms with E-state index in [9.17, 15) is 24.3 Å². The third-order valence-electron chi connectivity index (χ3n) is 12.6. The van der Waals surface area contributed by atoms with Crippen molar-refractivity contribution >= 4 is 29.5 Å². The highest BCUT2D eigenvalue weighted by atomic mass is 16.7. The SMILES string of the molecule is CC(=O)OC1CC2C(C)(C)OC3CC(=O)OC32CC23CCC4(C)C(=O)C(C)C5C6OC(=O)C(C)(O)C6OC(O2)(C(=O)C13)C54. The highest BCUT2D eigenvalue weighted by Crippen LogP contribution is 2.71. The first kappa shape index (κ1) is 28.1. The van der Waals surface area contributed by atoms with Gasteiger partial charge in [0.15, 0.2) is 5.60 Å². The fourth-order valence-corrected chi connectivity index (χ4v) is 11.1. The van der Waals surface area contributed by atoms with Crippen molar-refractivity contribution in [1.82, 2.24) is 0 Å². The number of rotatable bonds is 1. The van der Waals surface area contributed by atoms with E-state index in [4.69, 9.17) is 28.4 Å². The zero-order valence-corrected chi connectivity index (χ0v) is 25.2. The highest BCUT2D eigenvalue weighted by Gasteiger charge is 2.85. The number of fused-ring (bicyclic) bond motifs is 2. The first-order valence-corrected chi connectivity index (χ1v) is 15.4. The Labute approximate surface area is 248 Å². The molecule has 2 aliphatic carbocycles. The van der Waals surface area contributed by atoms with Crippen LogP contribution in [0.3, 0.4) is 0 Å². The van der Waals surface area contributed by atoms with Crippen molar-refractivity contribution in [2.75, 3.05) is 0 Å². The van der Waals surface area contributed by atoms with Crippen LogP contribution in [0.1, 0.15) is 73.6 Å². The Kier molecular flexibility index (Phi) is 5.14. The highest BCUT2D eigenvalue weighted by molar-refractivity contribution is 5.98. The average Bonchev–Trinajstić information content (AvgIpc) is 3.47. The van der Waals surface area contributed by atoms with Crippen LogP contribution >= 0.6 is 0 Å². The molecule has 6 heterocycles. The second-order valence-corrected chi connectivity index (χ2v) is 15.3. The van der Waals surface area contributed by atoms with Crippen molar-refractivity contribution in [1.29, 1.82) is 0 Å². The molecule has 0 aromatic carbocycles. The first-order valence-electron chi connectivity index (χ1n) is 15.4. The maximum absolute atomic E-state index is 15.2. The Balaban J connectivity index is 1.35. The van der Waals surface area contributed by atoms with Crippen LogP contribution in [0.4, 0.5) is 0 Å². The van der Waals surface area contributed by atoms with Gasteiger partial charge in [-0.1, -0.05) is 13.8 Å². The van der Waals surface area contributed by atoms with E-state index in [1.807, 2.05) is 20.8 Å². The van der Waals surface area contributed by atoms with Gasteiger partial charge in [-0.25, -0.2) is 4.79 Å². The second-order valence-electron chi connectivity index (χ2n) is 15.3. The molecule has 234 valence electrons. The lowest BCUT2D eigenvalue weighted by atomic mass is 9.60. The maximum Gasteiger partial charge on any atom is 0.341 e. The Morgan fingerprint density at radius 3 is 2.44 bits per heavy atom. The van der Waals surface area contributed by atoms with Crippen molar-refractivity contribution < 1.29 is 57.5 Å². The molecule has 14 unspecified atom stereocenters. The topological polar surface area (TPSA) is 161 Å². The fraction of sp³-hybridized carbons (Fsp3) is 0.839. The summed E-state index contributed by atoms with van der Waals surface area (Å²) in [7, 11) is 0. The molecule has 2 saturated carbocycles. The fourth-order valence-electron chi connectivity index (χ4n) is 11.1. The van der Waals surface area contributed by atoms with E-state index < -0.39 is 111 Å². The largest absolute Gasteiger partial charge is 0.462 e. The summed E-state index contributed by atoms with van der Waals surface area (Å²) in [5, 5.41) is 11.3. The summed E-state index contributed by atoms with van der Waals surface area (Å²) in [6.45, 7) is 9.97. The van der Waals surface area contributed by atoms with E-state index in [-0.39, 0.29) is 31.5 Å². The zero-order chi connectivity index (χ0) is 30.9. The van der Waals surface area contributed by atoms with E-state index in [0.717, 1.165) is 0 Å². The van der Waals surface area contributed by atoms with Gasteiger partial charge in [-0.3, -0.25) is 19.2 Å². The molecule has 12 heteroatoms. The van der Waals surface area contributed by atoms with Gasteiger partial charge in [-0.05, 0) is 40.0 Å². The number of aliphatic hydroxyl groups is 1. The number of ketones is 2. The quantitative estimate of drug-likeness (QED) is 0.338. The van der Waals surface area contributed by atoms with Gasteiger partial charge >= 0.3 is 17.9 Å². The number of Topliss-reactive ketones (excluding diaryl/α,β-unsaturated/α-hetero) is 2. The Morgan fingerprint density at radius 1 is 1.02 bits per heavy atom. The van der Waals surface area contributed by atoms with E-state index in [1.54, 1.807) is 6.92 Å². The van der Waals surface area contributed by atoms with Crippen LogP contribution < -0.4 is 0 Å². The van der Waals surface area contributed by atoms with Crippen molar-refractivity contribution in [3.05, 3.63) is 0 Å². The lowest BCUT2D eigenvalue weighted by Gasteiger charge is -2.50. The smallest absolute Gasteiger partial charge is 0.341 e. The molecular formula is C31H38O12. The molecule has 0 aromatic heterocycles. The number of esters is 3. The van der Waals surface area contributed by atoms with Gasteiger partial charge < -0.3 is 33.5 Å². The summed E-state index contributed by atoms with van der Waals surface area (Å²) in [6.07, 6.45) is -2.93. The number of hydrogen-bond acceptors (Lipinski definition) is 12. The zero-order valence-electron chi connectivity index (χ0n) is 25.2. The number of carbonyl (C=O) groups excluding carboxylic acids is 5. The third kappa shape index (κ3) is 3.04. The third-order valence-corrected chi connectivity index (χ3v) is 12.6. The van der Waals surface area contributed by atoms with Crippen molar-refractivity contribution in [2.24, 2.45) is 35.0 Å². The summed E-state index contributed by atoms with van der Waals surface area (Å²) >= 11 is 0. The average molecular weight is 603 g/mol. The molecule has 2 bridgehead atoms. The molecule has 8 rings (SSSR count). The molecule has 14 atom stereocenters. The van der Waals surface area contributed by atoms with Gasteiger partial charge in [-0.2, -0.15) is 0 Å². The molecule has 3 spiro atoms.